The van der Waals surface area contributed by atoms with Gasteiger partial charge in [-0.2, -0.15) is 0 Å². The van der Waals surface area contributed by atoms with Crippen LogP contribution in [0.15, 0.2) is 48.5 Å². The van der Waals surface area contributed by atoms with Crippen LogP contribution in [0.1, 0.15) is 45.2 Å². The lowest BCUT2D eigenvalue weighted by Gasteiger charge is -2.23. The second kappa shape index (κ2) is 17.2. The Balaban J connectivity index is 0.00000274. The highest BCUT2D eigenvalue weighted by molar-refractivity contribution is 7.80. The molecular formula is C25H36N4O4S2. The highest BCUT2D eigenvalue weighted by Crippen LogP contribution is 2.25. The zero-order chi connectivity index (χ0) is 27.0. The number of hydrazine groups is 2. The fraction of sp³-hybridized carbons (Fsp3) is 0.360. The van der Waals surface area contributed by atoms with Crippen LogP contribution < -0.4 is 20.3 Å². The van der Waals surface area contributed by atoms with Crippen LogP contribution in [-0.2, 0) is 9.59 Å². The lowest BCUT2D eigenvalue weighted by molar-refractivity contribution is -0.132. The van der Waals surface area contributed by atoms with Crippen molar-refractivity contribution in [3.63, 3.8) is 0 Å². The van der Waals surface area contributed by atoms with Crippen molar-refractivity contribution in [2.45, 2.75) is 34.1 Å². The standard InChI is InChI=1S/C21H24N4O4S2.2C2H6/c1-24(20(30)14-8-6-5-7-9-14)22-18(26)13-19(27)23-25(2)21(31)16-12-15(28-3)10-11-17(16)29-4;2*1-2/h5-12H,13H2,1-4H3,(H,22,26)(H,23,27);2*1-2H3. The van der Waals surface area contributed by atoms with Gasteiger partial charge in [0.25, 0.3) is 0 Å². The smallest absolute Gasteiger partial charge is 0.248 e. The largest absolute Gasteiger partial charge is 0.497 e. The Morgan fingerprint density at radius 1 is 0.800 bits per heavy atom. The Morgan fingerprint density at radius 2 is 1.31 bits per heavy atom. The first kappa shape index (κ1) is 31.8. The Hall–Kier alpha value is -3.24. The molecule has 0 unspecified atom stereocenters. The van der Waals surface area contributed by atoms with Crippen molar-refractivity contribution in [2.75, 3.05) is 28.3 Å². The monoisotopic (exact) mass is 520 g/mol. The fourth-order valence-corrected chi connectivity index (χ4v) is 3.02. The van der Waals surface area contributed by atoms with E-state index in [2.05, 4.69) is 10.9 Å². The molecule has 0 aliphatic heterocycles. The van der Waals surface area contributed by atoms with Gasteiger partial charge in [-0.1, -0.05) is 82.5 Å². The third kappa shape index (κ3) is 10.3. The highest BCUT2D eigenvalue weighted by Gasteiger charge is 2.18. The molecule has 192 valence electrons. The number of methoxy groups -OCH3 is 2. The quantitative estimate of drug-likeness (QED) is 0.334. The topological polar surface area (TPSA) is 83.1 Å². The van der Waals surface area contributed by atoms with Crippen LogP contribution in [-0.4, -0.2) is 60.1 Å². The molecule has 0 fully saturated rings. The molecule has 0 saturated heterocycles. The van der Waals surface area contributed by atoms with E-state index in [4.69, 9.17) is 33.9 Å². The van der Waals surface area contributed by atoms with Gasteiger partial charge in [-0.15, -0.1) is 0 Å². The zero-order valence-corrected chi connectivity index (χ0v) is 23.3. The molecule has 0 aromatic heterocycles. The van der Waals surface area contributed by atoms with Crippen molar-refractivity contribution in [3.05, 3.63) is 59.7 Å². The number of rotatable bonds is 6. The van der Waals surface area contributed by atoms with Crippen LogP contribution in [0.3, 0.4) is 0 Å². The number of hydrogen-bond donors (Lipinski definition) is 2. The highest BCUT2D eigenvalue weighted by atomic mass is 32.1. The maximum absolute atomic E-state index is 12.3. The minimum atomic E-state index is -0.539. The number of carbonyl (C=O) groups excluding carboxylic acids is 2. The SMILES string of the molecule is CC.CC.COc1ccc(OC)c(C(=S)N(C)NC(=O)CC(=O)NN(C)C(=S)c2ccccc2)c1. The summed E-state index contributed by atoms with van der Waals surface area (Å²) in [4.78, 5) is 25.3. The van der Waals surface area contributed by atoms with Gasteiger partial charge < -0.3 is 9.47 Å². The van der Waals surface area contributed by atoms with Gasteiger partial charge in [0.2, 0.25) is 11.8 Å². The maximum Gasteiger partial charge on any atom is 0.248 e. The molecule has 2 rings (SSSR count). The van der Waals surface area contributed by atoms with Gasteiger partial charge in [0.15, 0.2) is 0 Å². The Labute approximate surface area is 219 Å². The van der Waals surface area contributed by atoms with E-state index in [9.17, 15) is 9.59 Å². The molecule has 8 nitrogen and oxygen atoms in total. The fourth-order valence-electron chi connectivity index (χ4n) is 2.64. The first-order valence-electron chi connectivity index (χ1n) is 11.2. The summed E-state index contributed by atoms with van der Waals surface area (Å²) in [6, 6.07) is 14.4. The number of hydrogen-bond acceptors (Lipinski definition) is 6. The van der Waals surface area contributed by atoms with E-state index < -0.39 is 18.2 Å². The van der Waals surface area contributed by atoms with Crippen LogP contribution in [0.4, 0.5) is 0 Å². The summed E-state index contributed by atoms with van der Waals surface area (Å²) in [6.07, 6.45) is -0.413. The van der Waals surface area contributed by atoms with Crippen LogP contribution in [0, 0.1) is 0 Å². The number of nitrogens with zero attached hydrogens (tertiary/aromatic N) is 2. The molecular weight excluding hydrogens is 484 g/mol. The van der Waals surface area contributed by atoms with E-state index in [0.29, 0.717) is 27.0 Å². The van der Waals surface area contributed by atoms with E-state index >= 15 is 0 Å². The number of carbonyl (C=O) groups is 2. The van der Waals surface area contributed by atoms with Gasteiger partial charge >= 0.3 is 0 Å². The lowest BCUT2D eigenvalue weighted by Crippen LogP contribution is -2.47. The second-order valence-electron chi connectivity index (χ2n) is 6.41. The minimum Gasteiger partial charge on any atom is -0.497 e. The molecule has 0 heterocycles. The molecule has 0 atom stereocenters. The normalized spacial score (nSPS) is 9.14. The molecule has 0 bridgehead atoms. The first-order chi connectivity index (χ1) is 16.8. The lowest BCUT2D eigenvalue weighted by atomic mass is 10.2. The molecule has 0 spiro atoms. The third-order valence-electron chi connectivity index (χ3n) is 4.17. The third-order valence-corrected chi connectivity index (χ3v) is 5.18. The molecule has 0 saturated carbocycles. The van der Waals surface area contributed by atoms with Crippen molar-refractivity contribution in [1.82, 2.24) is 20.9 Å². The average Bonchev–Trinajstić information content (AvgIpc) is 2.89. The molecule has 2 aromatic rings. The number of nitrogens with one attached hydrogen (secondary N) is 2. The Morgan fingerprint density at radius 3 is 1.80 bits per heavy atom. The van der Waals surface area contributed by atoms with Crippen molar-refractivity contribution < 1.29 is 19.1 Å². The van der Waals surface area contributed by atoms with Crippen molar-refractivity contribution in [1.29, 1.82) is 0 Å². The summed E-state index contributed by atoms with van der Waals surface area (Å²) in [5.74, 6) is 0.0650. The van der Waals surface area contributed by atoms with Crippen LogP contribution in [0.25, 0.3) is 0 Å². The Kier molecular flexibility index (Phi) is 15.6. The minimum absolute atomic E-state index is 0.298. The van der Waals surface area contributed by atoms with Crippen molar-refractivity contribution in [2.24, 2.45) is 0 Å². The molecule has 2 N–H and O–H groups in total. The van der Waals surface area contributed by atoms with E-state index in [1.165, 1.54) is 17.1 Å². The van der Waals surface area contributed by atoms with Crippen molar-refractivity contribution >= 4 is 46.2 Å². The van der Waals surface area contributed by atoms with Crippen LogP contribution in [0.5, 0.6) is 11.5 Å². The first-order valence-corrected chi connectivity index (χ1v) is 12.0. The number of amides is 2. The summed E-state index contributed by atoms with van der Waals surface area (Å²) in [5, 5.41) is 2.75. The predicted octanol–water partition coefficient (Wildman–Crippen LogP) is 4.12. The van der Waals surface area contributed by atoms with Gasteiger partial charge in [0.1, 0.15) is 27.9 Å². The van der Waals surface area contributed by atoms with Gasteiger partial charge in [0, 0.05) is 19.7 Å². The van der Waals surface area contributed by atoms with E-state index in [1.54, 1.807) is 39.4 Å². The summed E-state index contributed by atoms with van der Waals surface area (Å²) < 4.78 is 10.5. The molecule has 35 heavy (non-hydrogen) atoms. The molecule has 2 amide bonds. The van der Waals surface area contributed by atoms with Gasteiger partial charge in [-0.05, 0) is 18.2 Å². The summed E-state index contributed by atoms with van der Waals surface area (Å²) in [7, 11) is 6.25. The van der Waals surface area contributed by atoms with Gasteiger partial charge in [-0.3, -0.25) is 30.5 Å². The average molecular weight is 521 g/mol. The molecule has 10 heteroatoms. The molecule has 2 aromatic carbocycles. The Bertz CT molecular complexity index is 971. The van der Waals surface area contributed by atoms with E-state index in [1.807, 2.05) is 58.0 Å². The van der Waals surface area contributed by atoms with E-state index in [0.717, 1.165) is 5.56 Å². The second-order valence-corrected chi connectivity index (χ2v) is 7.18. The van der Waals surface area contributed by atoms with Crippen molar-refractivity contribution in [3.8, 4) is 11.5 Å². The molecule has 0 aliphatic carbocycles. The number of thiocarbonyl (C=S) groups is 2. The van der Waals surface area contributed by atoms with Crippen LogP contribution >= 0.6 is 24.4 Å². The predicted molar refractivity (Wildman–Crippen MR) is 149 cm³/mol. The maximum atomic E-state index is 12.3. The number of benzene rings is 2. The summed E-state index contributed by atoms with van der Waals surface area (Å²) >= 11 is 10.8. The number of ether oxygens (including phenoxy) is 2. The van der Waals surface area contributed by atoms with Gasteiger partial charge in [-0.25, -0.2) is 0 Å². The zero-order valence-electron chi connectivity index (χ0n) is 21.7. The van der Waals surface area contributed by atoms with Gasteiger partial charge in [0.05, 0.1) is 19.8 Å². The van der Waals surface area contributed by atoms with E-state index in [-0.39, 0.29) is 0 Å². The molecule has 0 radical (unpaired) electrons. The molecule has 0 aliphatic rings. The summed E-state index contributed by atoms with van der Waals surface area (Å²) in [6.45, 7) is 8.00. The summed E-state index contributed by atoms with van der Waals surface area (Å²) in [5.41, 5.74) is 6.50. The van der Waals surface area contributed by atoms with Crippen LogP contribution in [0.2, 0.25) is 0 Å².